The number of halogens is 1. The summed E-state index contributed by atoms with van der Waals surface area (Å²) in [5.41, 5.74) is 6.72. The summed E-state index contributed by atoms with van der Waals surface area (Å²) in [4.78, 5) is 50.2. The molecule has 0 unspecified atom stereocenters. The van der Waals surface area contributed by atoms with Gasteiger partial charge in [0.25, 0.3) is 11.5 Å². The molecule has 254 valence electrons. The highest BCUT2D eigenvalue weighted by Crippen LogP contribution is 2.41. The molecule has 0 bridgehead atoms. The molecule has 4 aliphatic rings. The molecule has 0 atom stereocenters. The van der Waals surface area contributed by atoms with E-state index in [4.69, 9.17) is 14.5 Å². The molecule has 12 heteroatoms. The predicted molar refractivity (Wildman–Crippen MR) is 185 cm³/mol. The van der Waals surface area contributed by atoms with Crippen LogP contribution in [0.2, 0.25) is 0 Å². The fourth-order valence-corrected chi connectivity index (χ4v) is 8.90. The summed E-state index contributed by atoms with van der Waals surface area (Å²) < 4.78 is 27.8. The van der Waals surface area contributed by atoms with Gasteiger partial charge in [-0.1, -0.05) is 6.07 Å². The molecule has 1 N–H and O–H groups in total. The van der Waals surface area contributed by atoms with Gasteiger partial charge in [-0.25, -0.2) is 9.37 Å². The number of aromatic nitrogens is 2. The summed E-state index contributed by atoms with van der Waals surface area (Å²) in [5.74, 6) is -1.17. The highest BCUT2D eigenvalue weighted by Gasteiger charge is 2.34. The fraction of sp³-hybridized carbons (Fsp3) is 0.405. The van der Waals surface area contributed by atoms with Gasteiger partial charge in [-0.05, 0) is 85.0 Å². The largest absolute Gasteiger partial charge is 0.461 e. The zero-order valence-electron chi connectivity index (χ0n) is 27.6. The van der Waals surface area contributed by atoms with E-state index in [9.17, 15) is 14.4 Å². The summed E-state index contributed by atoms with van der Waals surface area (Å²) in [6, 6.07) is 9.20. The molecule has 0 saturated carbocycles. The summed E-state index contributed by atoms with van der Waals surface area (Å²) >= 11 is 1.56. The highest BCUT2D eigenvalue weighted by atomic mass is 32.1. The second-order valence-corrected chi connectivity index (χ2v) is 14.5. The fourth-order valence-electron chi connectivity index (χ4n) is 7.52. The number of esters is 1. The van der Waals surface area contributed by atoms with Crippen LogP contribution in [0.4, 0.5) is 21.6 Å². The number of carbonyl (C=O) groups is 2. The standard InChI is InChI=1S/C37H38FN5O5S/c1-21(44)48-20-30-29(14-24(38)15-32(30)43-12-10-28-27-5-3-4-6-33(27)49-34(28)36(43)45)31-17-41(2)37(46)35(40-31)39-25-8-7-23-16-42(26-18-47-19-26)11-9-22(23)13-25/h7-8,13-15,17,26H,3-6,9-12,16,18-20H2,1-2H3,(H,39,40). The van der Waals surface area contributed by atoms with Crippen molar-refractivity contribution in [2.75, 3.05) is 36.5 Å². The molecule has 1 aliphatic carbocycles. The molecule has 1 saturated heterocycles. The van der Waals surface area contributed by atoms with Crippen LogP contribution in [-0.2, 0) is 60.2 Å². The number of ether oxygens (including phenoxy) is 2. The lowest BCUT2D eigenvalue weighted by Gasteiger charge is -2.40. The molecule has 1 amide bonds. The van der Waals surface area contributed by atoms with Crippen LogP contribution in [0, 0.1) is 5.82 Å². The first-order chi connectivity index (χ1) is 23.7. The number of aryl methyl sites for hydroxylation is 2. The Balaban J connectivity index is 1.15. The van der Waals surface area contributed by atoms with Crippen LogP contribution >= 0.6 is 11.3 Å². The molecule has 0 radical (unpaired) electrons. The molecule has 8 rings (SSSR count). The number of fused-ring (bicyclic) bond motifs is 4. The molecular weight excluding hydrogens is 646 g/mol. The van der Waals surface area contributed by atoms with Gasteiger partial charge in [0.1, 0.15) is 12.4 Å². The second kappa shape index (κ2) is 12.8. The van der Waals surface area contributed by atoms with Gasteiger partial charge in [0.15, 0.2) is 5.82 Å². The third-order valence-electron chi connectivity index (χ3n) is 10.2. The number of thiophene rings is 1. The van der Waals surface area contributed by atoms with Gasteiger partial charge in [-0.15, -0.1) is 11.3 Å². The van der Waals surface area contributed by atoms with Gasteiger partial charge in [-0.2, -0.15) is 0 Å². The number of hydrogen-bond donors (Lipinski definition) is 1. The van der Waals surface area contributed by atoms with E-state index < -0.39 is 11.8 Å². The maximum absolute atomic E-state index is 15.6. The van der Waals surface area contributed by atoms with Crippen molar-refractivity contribution in [1.29, 1.82) is 0 Å². The highest BCUT2D eigenvalue weighted by molar-refractivity contribution is 7.14. The Labute approximate surface area is 287 Å². The number of anilines is 3. The Hall–Kier alpha value is -4.39. The van der Waals surface area contributed by atoms with E-state index in [2.05, 4.69) is 22.3 Å². The zero-order valence-corrected chi connectivity index (χ0v) is 28.5. The molecular formula is C37H38FN5O5S. The average Bonchev–Trinajstić information content (AvgIpc) is 3.45. The topological polar surface area (TPSA) is 106 Å². The molecule has 2 aromatic carbocycles. The van der Waals surface area contributed by atoms with Gasteiger partial charge < -0.3 is 24.3 Å². The van der Waals surface area contributed by atoms with Gasteiger partial charge in [-0.3, -0.25) is 19.3 Å². The monoisotopic (exact) mass is 683 g/mol. The Morgan fingerprint density at radius 3 is 2.69 bits per heavy atom. The molecule has 10 nitrogen and oxygen atoms in total. The third-order valence-corrected chi connectivity index (χ3v) is 11.5. The summed E-state index contributed by atoms with van der Waals surface area (Å²) in [6.07, 6.45) is 7.32. The summed E-state index contributed by atoms with van der Waals surface area (Å²) in [7, 11) is 1.62. The van der Waals surface area contributed by atoms with Crippen LogP contribution in [0.3, 0.4) is 0 Å². The number of carbonyl (C=O) groups excluding carboxylic acids is 2. The molecule has 0 spiro atoms. The number of amides is 1. The molecule has 1 fully saturated rings. The van der Waals surface area contributed by atoms with Gasteiger partial charge in [0, 0.05) is 61.5 Å². The van der Waals surface area contributed by atoms with E-state index in [1.807, 2.05) is 6.07 Å². The molecule has 3 aliphatic heterocycles. The minimum atomic E-state index is -0.567. The Kier molecular flexibility index (Phi) is 8.33. The van der Waals surface area contributed by atoms with Crippen molar-refractivity contribution >= 4 is 40.4 Å². The molecule has 4 aromatic rings. The van der Waals surface area contributed by atoms with Crippen LogP contribution in [0.1, 0.15) is 62.1 Å². The van der Waals surface area contributed by atoms with Crippen LogP contribution in [0.15, 0.2) is 41.3 Å². The van der Waals surface area contributed by atoms with Crippen molar-refractivity contribution in [1.82, 2.24) is 14.5 Å². The lowest BCUT2D eigenvalue weighted by molar-refractivity contribution is -0.142. The summed E-state index contributed by atoms with van der Waals surface area (Å²) in [5, 5.41) is 3.21. The lowest BCUT2D eigenvalue weighted by Crippen LogP contribution is -2.50. The van der Waals surface area contributed by atoms with Crippen LogP contribution < -0.4 is 15.8 Å². The average molecular weight is 684 g/mol. The first-order valence-corrected chi connectivity index (χ1v) is 17.7. The third kappa shape index (κ3) is 5.95. The van der Waals surface area contributed by atoms with Crippen molar-refractivity contribution in [3.05, 3.63) is 90.3 Å². The van der Waals surface area contributed by atoms with Gasteiger partial charge >= 0.3 is 5.97 Å². The van der Waals surface area contributed by atoms with Crippen LogP contribution in [-0.4, -0.2) is 58.7 Å². The van der Waals surface area contributed by atoms with E-state index in [0.29, 0.717) is 46.4 Å². The second-order valence-electron chi connectivity index (χ2n) is 13.4. The smallest absolute Gasteiger partial charge is 0.302 e. The van der Waals surface area contributed by atoms with Crippen molar-refractivity contribution in [2.45, 2.75) is 64.6 Å². The molecule has 5 heterocycles. The van der Waals surface area contributed by atoms with Gasteiger partial charge in [0.2, 0.25) is 0 Å². The predicted octanol–water partition coefficient (Wildman–Crippen LogP) is 5.29. The summed E-state index contributed by atoms with van der Waals surface area (Å²) in [6.45, 7) is 4.86. The normalized spacial score (nSPS) is 17.6. The van der Waals surface area contributed by atoms with E-state index in [0.717, 1.165) is 69.7 Å². The Morgan fingerprint density at radius 1 is 1.06 bits per heavy atom. The number of nitrogens with zero attached hydrogens (tertiary/aromatic N) is 4. The maximum Gasteiger partial charge on any atom is 0.302 e. The van der Waals surface area contributed by atoms with E-state index in [1.54, 1.807) is 29.5 Å². The van der Waals surface area contributed by atoms with Crippen molar-refractivity contribution in [2.24, 2.45) is 7.05 Å². The zero-order chi connectivity index (χ0) is 33.8. The quantitative estimate of drug-likeness (QED) is 0.262. The first-order valence-electron chi connectivity index (χ1n) is 16.9. The van der Waals surface area contributed by atoms with Crippen molar-refractivity contribution in [3.8, 4) is 11.3 Å². The maximum atomic E-state index is 15.6. The van der Waals surface area contributed by atoms with Crippen molar-refractivity contribution < 1.29 is 23.5 Å². The Bertz CT molecular complexity index is 2050. The van der Waals surface area contributed by atoms with E-state index >= 15 is 4.39 Å². The molecule has 2 aromatic heterocycles. The van der Waals surface area contributed by atoms with Crippen LogP contribution in [0.25, 0.3) is 11.3 Å². The minimum Gasteiger partial charge on any atom is -0.461 e. The van der Waals surface area contributed by atoms with E-state index in [-0.39, 0.29) is 23.9 Å². The molecule has 49 heavy (non-hydrogen) atoms. The number of hydrogen-bond acceptors (Lipinski definition) is 9. The number of benzene rings is 2. The van der Waals surface area contributed by atoms with Crippen LogP contribution in [0.5, 0.6) is 0 Å². The minimum absolute atomic E-state index is 0.0797. The first kappa shape index (κ1) is 31.9. The SMILES string of the molecule is CC(=O)OCc1c(-c2cn(C)c(=O)c(Nc3ccc4c(c3)CCN(C3COC3)C4)n2)cc(F)cc1N1CCc2c(sc3c2CCCC3)C1=O. The number of rotatable bonds is 7. The van der Waals surface area contributed by atoms with E-state index in [1.165, 1.54) is 45.2 Å². The lowest BCUT2D eigenvalue weighted by atomic mass is 9.91. The Morgan fingerprint density at radius 2 is 1.90 bits per heavy atom. The van der Waals surface area contributed by atoms with Crippen molar-refractivity contribution in [3.63, 3.8) is 0 Å². The number of nitrogens with one attached hydrogen (secondary N) is 1. The van der Waals surface area contributed by atoms with Gasteiger partial charge in [0.05, 0.1) is 35.5 Å².